The maximum Gasteiger partial charge on any atom is 0.416 e. The third kappa shape index (κ3) is 4.22. The van der Waals surface area contributed by atoms with Gasteiger partial charge in [-0.1, -0.05) is 6.92 Å². The van der Waals surface area contributed by atoms with Crippen LogP contribution in [-0.2, 0) is 29.3 Å². The Balaban J connectivity index is 1.97. The van der Waals surface area contributed by atoms with Crippen molar-refractivity contribution in [1.82, 2.24) is 24.1 Å². The first-order chi connectivity index (χ1) is 14.0. The Morgan fingerprint density at radius 3 is 2.53 bits per heavy atom. The number of halogens is 3. The van der Waals surface area contributed by atoms with Crippen LogP contribution in [0.3, 0.4) is 0 Å². The average molecular weight is 443 g/mol. The van der Waals surface area contributed by atoms with Crippen LogP contribution in [0.1, 0.15) is 50.3 Å². The highest BCUT2D eigenvalue weighted by atomic mass is 32.2. The number of sulfonamides is 1. The smallest absolute Gasteiger partial charge is 0.327 e. The molecule has 0 aliphatic carbocycles. The molecule has 2 aromatic heterocycles. The van der Waals surface area contributed by atoms with Crippen molar-refractivity contribution in [3.63, 3.8) is 0 Å². The molecule has 0 aliphatic heterocycles. The summed E-state index contributed by atoms with van der Waals surface area (Å²) in [5.74, 6) is 0.342. The maximum atomic E-state index is 13.1. The highest BCUT2D eigenvalue weighted by Gasteiger charge is 2.32. The summed E-state index contributed by atoms with van der Waals surface area (Å²) in [6.07, 6.45) is -2.18. The van der Waals surface area contributed by atoms with Gasteiger partial charge in [0.1, 0.15) is 10.7 Å². The molecule has 0 radical (unpaired) electrons. The largest absolute Gasteiger partial charge is 0.416 e. The third-order valence-electron chi connectivity index (χ3n) is 4.78. The lowest BCUT2D eigenvalue weighted by Gasteiger charge is -2.15. The minimum atomic E-state index is -4.47. The number of alkyl halides is 3. The van der Waals surface area contributed by atoms with Gasteiger partial charge in [-0.05, 0) is 45.4 Å². The number of nitrogens with zero attached hydrogens (tertiary/aromatic N) is 4. The van der Waals surface area contributed by atoms with Gasteiger partial charge in [-0.15, -0.1) is 0 Å². The molecule has 0 saturated heterocycles. The Morgan fingerprint density at radius 1 is 1.23 bits per heavy atom. The lowest BCUT2D eigenvalue weighted by Crippen LogP contribution is -2.29. The van der Waals surface area contributed by atoms with Crippen LogP contribution in [0.4, 0.5) is 13.2 Å². The summed E-state index contributed by atoms with van der Waals surface area (Å²) in [5, 5.41) is 4.22. The number of benzene rings is 1. The normalized spacial score (nSPS) is 13.8. The minimum Gasteiger partial charge on any atom is -0.327 e. The molecule has 0 saturated carbocycles. The molecular weight excluding hydrogens is 419 g/mol. The van der Waals surface area contributed by atoms with Crippen molar-refractivity contribution >= 4 is 21.1 Å². The fourth-order valence-electron chi connectivity index (χ4n) is 3.44. The summed E-state index contributed by atoms with van der Waals surface area (Å²) in [4.78, 5) is 4.46. The van der Waals surface area contributed by atoms with Crippen molar-refractivity contribution in [3.05, 3.63) is 41.5 Å². The Kier molecular flexibility index (Phi) is 5.96. The monoisotopic (exact) mass is 443 g/mol. The van der Waals surface area contributed by atoms with Gasteiger partial charge in [-0.25, -0.2) is 18.1 Å². The van der Waals surface area contributed by atoms with Crippen molar-refractivity contribution < 1.29 is 21.6 Å². The van der Waals surface area contributed by atoms with E-state index in [1.807, 2.05) is 6.92 Å². The van der Waals surface area contributed by atoms with E-state index in [1.165, 1.54) is 12.3 Å². The van der Waals surface area contributed by atoms with Gasteiger partial charge in [-0.2, -0.15) is 18.3 Å². The van der Waals surface area contributed by atoms with Gasteiger partial charge in [0.25, 0.3) is 0 Å². The van der Waals surface area contributed by atoms with Crippen LogP contribution in [0.5, 0.6) is 0 Å². The molecular formula is C19H24F3N5O2S. The second kappa shape index (κ2) is 8.03. The zero-order chi connectivity index (χ0) is 22.3. The van der Waals surface area contributed by atoms with Gasteiger partial charge in [0.15, 0.2) is 0 Å². The molecule has 3 rings (SSSR count). The van der Waals surface area contributed by atoms with E-state index in [9.17, 15) is 21.6 Å². The van der Waals surface area contributed by atoms with E-state index in [1.54, 1.807) is 30.0 Å². The van der Waals surface area contributed by atoms with Crippen molar-refractivity contribution in [2.24, 2.45) is 0 Å². The first-order valence-corrected chi connectivity index (χ1v) is 11.1. The summed E-state index contributed by atoms with van der Waals surface area (Å²) in [6.45, 7) is 7.90. The number of fused-ring (bicyclic) bond motifs is 1. The average Bonchev–Trinajstić information content (AvgIpc) is 3.20. The fourth-order valence-corrected chi connectivity index (χ4v) is 4.82. The Labute approximate surface area is 173 Å². The SMILES string of the molecule is CCCn1cc(S(=O)(=O)N[C@H](C)c2nc3ccc(C(F)(F)F)cc3n2CC)c(C)n1. The van der Waals surface area contributed by atoms with Crippen molar-refractivity contribution in [3.8, 4) is 0 Å². The highest BCUT2D eigenvalue weighted by molar-refractivity contribution is 7.89. The zero-order valence-corrected chi connectivity index (χ0v) is 18.0. The zero-order valence-electron chi connectivity index (χ0n) is 17.2. The van der Waals surface area contributed by atoms with E-state index in [0.717, 1.165) is 18.6 Å². The van der Waals surface area contributed by atoms with E-state index in [4.69, 9.17) is 0 Å². The Bertz CT molecular complexity index is 1160. The lowest BCUT2D eigenvalue weighted by molar-refractivity contribution is -0.137. The fraction of sp³-hybridized carbons (Fsp3) is 0.474. The number of aromatic nitrogens is 4. The van der Waals surface area contributed by atoms with Crippen molar-refractivity contribution in [2.75, 3.05) is 0 Å². The van der Waals surface area contributed by atoms with Crippen LogP contribution < -0.4 is 4.72 Å². The van der Waals surface area contributed by atoms with Gasteiger partial charge < -0.3 is 4.57 Å². The molecule has 1 N–H and O–H groups in total. The van der Waals surface area contributed by atoms with Crippen LogP contribution in [0, 0.1) is 6.92 Å². The number of hydrogen-bond acceptors (Lipinski definition) is 4. The number of aryl methyl sites for hydroxylation is 3. The summed E-state index contributed by atoms with van der Waals surface area (Å²) in [7, 11) is -3.90. The van der Waals surface area contributed by atoms with Gasteiger partial charge >= 0.3 is 6.18 Å². The van der Waals surface area contributed by atoms with Crippen LogP contribution in [0.15, 0.2) is 29.3 Å². The molecule has 0 amide bonds. The van der Waals surface area contributed by atoms with Gasteiger partial charge in [-0.3, -0.25) is 4.68 Å². The predicted octanol–water partition coefficient (Wildman–Crippen LogP) is 4.03. The second-order valence-electron chi connectivity index (χ2n) is 7.10. The Hall–Kier alpha value is -2.40. The van der Waals surface area contributed by atoms with Crippen LogP contribution in [-0.4, -0.2) is 27.7 Å². The second-order valence-corrected chi connectivity index (χ2v) is 8.78. The third-order valence-corrected chi connectivity index (χ3v) is 6.43. The number of nitrogens with one attached hydrogen (secondary N) is 1. The summed E-state index contributed by atoms with van der Waals surface area (Å²) in [5.41, 5.74) is 0.281. The molecule has 0 aliphatic rings. The molecule has 1 atom stereocenters. The first-order valence-electron chi connectivity index (χ1n) is 9.61. The van der Waals surface area contributed by atoms with Gasteiger partial charge in [0.2, 0.25) is 10.0 Å². The molecule has 164 valence electrons. The molecule has 3 aromatic rings. The first kappa shape index (κ1) is 22.3. The number of imidazole rings is 1. The molecule has 30 heavy (non-hydrogen) atoms. The van der Waals surface area contributed by atoms with Crippen LogP contribution in [0.2, 0.25) is 0 Å². The van der Waals surface area contributed by atoms with Gasteiger partial charge in [0, 0.05) is 19.3 Å². The molecule has 0 spiro atoms. The predicted molar refractivity (Wildman–Crippen MR) is 106 cm³/mol. The molecule has 7 nitrogen and oxygen atoms in total. The molecule has 0 unspecified atom stereocenters. The molecule has 11 heteroatoms. The highest BCUT2D eigenvalue weighted by Crippen LogP contribution is 2.32. The van der Waals surface area contributed by atoms with Crippen molar-refractivity contribution in [1.29, 1.82) is 0 Å². The van der Waals surface area contributed by atoms with Gasteiger partial charge in [0.05, 0.1) is 28.3 Å². The Morgan fingerprint density at radius 2 is 1.93 bits per heavy atom. The molecule has 0 fully saturated rings. The number of hydrogen-bond donors (Lipinski definition) is 1. The van der Waals surface area contributed by atoms with Crippen molar-refractivity contribution in [2.45, 2.75) is 64.3 Å². The van der Waals surface area contributed by atoms with Crippen LogP contribution >= 0.6 is 0 Å². The summed E-state index contributed by atoms with van der Waals surface area (Å²) >= 11 is 0. The molecule has 0 bridgehead atoms. The summed E-state index contributed by atoms with van der Waals surface area (Å²) in [6, 6.07) is 2.55. The minimum absolute atomic E-state index is 0.0707. The molecule has 1 aromatic carbocycles. The van der Waals surface area contributed by atoms with E-state index in [2.05, 4.69) is 14.8 Å². The molecule has 2 heterocycles. The van der Waals surface area contributed by atoms with E-state index in [-0.39, 0.29) is 4.90 Å². The van der Waals surface area contributed by atoms with Crippen LogP contribution in [0.25, 0.3) is 11.0 Å². The lowest BCUT2D eigenvalue weighted by atomic mass is 10.2. The van der Waals surface area contributed by atoms with E-state index in [0.29, 0.717) is 35.6 Å². The number of rotatable bonds is 7. The standard InChI is InChI=1S/C19H24F3N5O2S/c1-5-9-26-11-17(12(3)24-26)30(28,29)25-13(4)18-23-15-8-7-14(19(20,21)22)10-16(15)27(18)6-2/h7-8,10-11,13,25H,5-6,9H2,1-4H3/t13-/m1/s1. The van der Waals surface area contributed by atoms with E-state index >= 15 is 0 Å². The quantitative estimate of drug-likeness (QED) is 0.598. The summed E-state index contributed by atoms with van der Waals surface area (Å²) < 4.78 is 70.8. The maximum absolute atomic E-state index is 13.1. The topological polar surface area (TPSA) is 81.8 Å². The van der Waals surface area contributed by atoms with E-state index < -0.39 is 27.8 Å².